The standard InChI is InChI=1S/C13H11ClN2O2/c1-2-10(16(17)18)8-9-5-6-12(14)11-4-3-7-15-13(9)11/h3-8H,2H2,1H3/b10-8-. The maximum atomic E-state index is 10.8. The molecule has 0 aliphatic rings. The molecule has 0 bridgehead atoms. The van der Waals surface area contributed by atoms with E-state index in [0.717, 1.165) is 5.39 Å². The van der Waals surface area contributed by atoms with Gasteiger partial charge in [-0.3, -0.25) is 15.1 Å². The maximum Gasteiger partial charge on any atom is 0.246 e. The van der Waals surface area contributed by atoms with Crippen molar-refractivity contribution in [2.24, 2.45) is 0 Å². The van der Waals surface area contributed by atoms with E-state index in [4.69, 9.17) is 11.6 Å². The van der Waals surface area contributed by atoms with Crippen molar-refractivity contribution in [3.63, 3.8) is 0 Å². The fraction of sp³-hybridized carbons (Fsp3) is 0.154. The lowest BCUT2D eigenvalue weighted by Gasteiger charge is -2.03. The fourth-order valence-corrected chi connectivity index (χ4v) is 1.96. The van der Waals surface area contributed by atoms with E-state index in [1.165, 1.54) is 0 Å². The number of hydrogen-bond acceptors (Lipinski definition) is 3. The average Bonchev–Trinajstić information content (AvgIpc) is 2.38. The number of hydrogen-bond donors (Lipinski definition) is 0. The van der Waals surface area contributed by atoms with Crippen molar-refractivity contribution >= 4 is 28.6 Å². The second-order valence-electron chi connectivity index (χ2n) is 3.78. The van der Waals surface area contributed by atoms with Crippen LogP contribution in [-0.4, -0.2) is 9.91 Å². The van der Waals surface area contributed by atoms with Crippen LogP contribution in [0.2, 0.25) is 5.02 Å². The first-order chi connectivity index (χ1) is 8.63. The Bertz CT molecular complexity index is 638. The second-order valence-corrected chi connectivity index (χ2v) is 4.19. The van der Waals surface area contributed by atoms with E-state index in [9.17, 15) is 10.1 Å². The Kier molecular flexibility index (Phi) is 3.58. The largest absolute Gasteiger partial charge is 0.259 e. The number of fused-ring (bicyclic) bond motifs is 1. The van der Waals surface area contributed by atoms with Gasteiger partial charge < -0.3 is 0 Å². The molecule has 0 atom stereocenters. The Balaban J connectivity index is 2.66. The summed E-state index contributed by atoms with van der Waals surface area (Å²) in [6, 6.07) is 7.11. The van der Waals surface area contributed by atoms with Crippen LogP contribution in [0.3, 0.4) is 0 Å². The third-order valence-corrected chi connectivity index (χ3v) is 3.00. The molecule has 2 rings (SSSR count). The highest BCUT2D eigenvalue weighted by Gasteiger charge is 2.10. The van der Waals surface area contributed by atoms with Crippen LogP contribution in [0.1, 0.15) is 18.9 Å². The van der Waals surface area contributed by atoms with Crippen molar-refractivity contribution in [1.82, 2.24) is 4.98 Å². The molecule has 0 aliphatic heterocycles. The Hall–Kier alpha value is -1.94. The van der Waals surface area contributed by atoms with Crippen LogP contribution in [0.15, 0.2) is 36.2 Å². The summed E-state index contributed by atoms with van der Waals surface area (Å²) in [4.78, 5) is 14.7. The SMILES string of the molecule is CC/C(=C/c1ccc(Cl)c2cccnc12)[N+](=O)[O-]. The number of pyridine rings is 1. The van der Waals surface area contributed by atoms with Crippen molar-refractivity contribution in [3.05, 3.63) is 56.9 Å². The summed E-state index contributed by atoms with van der Waals surface area (Å²) in [6.07, 6.45) is 3.56. The normalized spacial score (nSPS) is 11.8. The minimum absolute atomic E-state index is 0.157. The molecule has 5 heteroatoms. The predicted octanol–water partition coefficient (Wildman–Crippen LogP) is 3.92. The van der Waals surface area contributed by atoms with Crippen LogP contribution in [0.5, 0.6) is 0 Å². The molecule has 1 aromatic carbocycles. The minimum atomic E-state index is -0.372. The first kappa shape index (κ1) is 12.5. The van der Waals surface area contributed by atoms with E-state index in [0.29, 0.717) is 22.5 Å². The van der Waals surface area contributed by atoms with Gasteiger partial charge in [0.25, 0.3) is 0 Å². The first-order valence-corrected chi connectivity index (χ1v) is 5.89. The summed E-state index contributed by atoms with van der Waals surface area (Å²) >= 11 is 6.07. The molecule has 18 heavy (non-hydrogen) atoms. The van der Waals surface area contributed by atoms with Gasteiger partial charge in [0.15, 0.2) is 0 Å². The highest BCUT2D eigenvalue weighted by Crippen LogP contribution is 2.26. The molecule has 0 spiro atoms. The summed E-state index contributed by atoms with van der Waals surface area (Å²) in [5, 5.41) is 12.2. The van der Waals surface area contributed by atoms with Gasteiger partial charge in [-0.25, -0.2) is 0 Å². The average molecular weight is 263 g/mol. The van der Waals surface area contributed by atoms with E-state index in [-0.39, 0.29) is 10.6 Å². The van der Waals surface area contributed by atoms with Crippen LogP contribution in [0, 0.1) is 10.1 Å². The summed E-state index contributed by atoms with van der Waals surface area (Å²) < 4.78 is 0. The molecule has 0 saturated carbocycles. The Morgan fingerprint density at radius 3 is 2.94 bits per heavy atom. The van der Waals surface area contributed by atoms with Crippen molar-refractivity contribution in [2.75, 3.05) is 0 Å². The van der Waals surface area contributed by atoms with E-state index < -0.39 is 0 Å². The number of halogens is 1. The fourth-order valence-electron chi connectivity index (χ4n) is 1.74. The molecule has 0 amide bonds. The van der Waals surface area contributed by atoms with Gasteiger partial charge in [0, 0.05) is 29.6 Å². The summed E-state index contributed by atoms with van der Waals surface area (Å²) in [5.41, 5.74) is 1.55. The predicted molar refractivity (Wildman–Crippen MR) is 72.0 cm³/mol. The molecule has 0 saturated heterocycles. The van der Waals surface area contributed by atoms with Crippen LogP contribution >= 0.6 is 11.6 Å². The third-order valence-electron chi connectivity index (χ3n) is 2.67. The maximum absolute atomic E-state index is 10.8. The number of nitrogens with zero attached hydrogens (tertiary/aromatic N) is 2. The highest BCUT2D eigenvalue weighted by atomic mass is 35.5. The second kappa shape index (κ2) is 5.14. The molecule has 0 radical (unpaired) electrons. The Labute approximate surface area is 109 Å². The van der Waals surface area contributed by atoms with Crippen molar-refractivity contribution in [2.45, 2.75) is 13.3 Å². The van der Waals surface area contributed by atoms with E-state index in [2.05, 4.69) is 4.98 Å². The molecule has 0 aliphatic carbocycles. The topological polar surface area (TPSA) is 56.0 Å². The van der Waals surface area contributed by atoms with Gasteiger partial charge in [-0.05, 0) is 18.2 Å². The molecule has 0 N–H and O–H groups in total. The van der Waals surface area contributed by atoms with Gasteiger partial charge in [-0.15, -0.1) is 0 Å². The van der Waals surface area contributed by atoms with Crippen LogP contribution in [0.25, 0.3) is 17.0 Å². The summed E-state index contributed by atoms with van der Waals surface area (Å²) in [7, 11) is 0. The number of nitro groups is 1. The number of rotatable bonds is 3. The molecule has 0 fully saturated rings. The van der Waals surface area contributed by atoms with E-state index in [1.54, 1.807) is 37.4 Å². The molecular formula is C13H11ClN2O2. The van der Waals surface area contributed by atoms with Crippen LogP contribution in [-0.2, 0) is 0 Å². The van der Waals surface area contributed by atoms with E-state index >= 15 is 0 Å². The van der Waals surface area contributed by atoms with Gasteiger partial charge in [-0.2, -0.15) is 0 Å². The van der Waals surface area contributed by atoms with Crippen LogP contribution < -0.4 is 0 Å². The van der Waals surface area contributed by atoms with Gasteiger partial charge in [0.2, 0.25) is 5.70 Å². The molecule has 1 aromatic heterocycles. The smallest absolute Gasteiger partial charge is 0.246 e. The summed E-state index contributed by atoms with van der Waals surface area (Å²) in [6.45, 7) is 1.75. The number of benzene rings is 1. The lowest BCUT2D eigenvalue weighted by Crippen LogP contribution is -1.97. The van der Waals surface area contributed by atoms with Gasteiger partial charge in [-0.1, -0.05) is 24.6 Å². The Morgan fingerprint density at radius 2 is 2.28 bits per heavy atom. The van der Waals surface area contributed by atoms with Crippen molar-refractivity contribution in [1.29, 1.82) is 0 Å². The zero-order valence-corrected chi connectivity index (χ0v) is 10.5. The molecule has 92 valence electrons. The molecule has 4 nitrogen and oxygen atoms in total. The van der Waals surface area contributed by atoms with Gasteiger partial charge in [0.05, 0.1) is 15.5 Å². The lowest BCUT2D eigenvalue weighted by molar-refractivity contribution is -0.425. The monoisotopic (exact) mass is 262 g/mol. The minimum Gasteiger partial charge on any atom is -0.259 e. The third kappa shape index (κ3) is 2.33. The molecule has 2 aromatic rings. The molecule has 1 heterocycles. The molecular weight excluding hydrogens is 252 g/mol. The van der Waals surface area contributed by atoms with Crippen molar-refractivity contribution < 1.29 is 4.92 Å². The van der Waals surface area contributed by atoms with Gasteiger partial charge in [0.1, 0.15) is 0 Å². The quantitative estimate of drug-likeness (QED) is 0.622. The number of aromatic nitrogens is 1. The Morgan fingerprint density at radius 1 is 1.50 bits per heavy atom. The summed E-state index contributed by atoms with van der Waals surface area (Å²) in [5.74, 6) is 0. The van der Waals surface area contributed by atoms with Crippen LogP contribution in [0.4, 0.5) is 0 Å². The van der Waals surface area contributed by atoms with E-state index in [1.807, 2.05) is 6.07 Å². The van der Waals surface area contributed by atoms with Crippen molar-refractivity contribution in [3.8, 4) is 0 Å². The highest BCUT2D eigenvalue weighted by molar-refractivity contribution is 6.35. The lowest BCUT2D eigenvalue weighted by atomic mass is 10.1. The number of allylic oxidation sites excluding steroid dienone is 1. The van der Waals surface area contributed by atoms with Gasteiger partial charge >= 0.3 is 0 Å². The first-order valence-electron chi connectivity index (χ1n) is 5.51. The zero-order chi connectivity index (χ0) is 13.1. The molecule has 0 unspecified atom stereocenters. The zero-order valence-electron chi connectivity index (χ0n) is 9.76.